The summed E-state index contributed by atoms with van der Waals surface area (Å²) in [5, 5.41) is 6.18. The summed E-state index contributed by atoms with van der Waals surface area (Å²) < 4.78 is 1.57. The molecular formula is C18H19N3O. The molecule has 2 heterocycles. The summed E-state index contributed by atoms with van der Waals surface area (Å²) in [5.74, 6) is 0. The number of hydrogen-bond donors (Lipinski definition) is 0. The Morgan fingerprint density at radius 3 is 2.41 bits per heavy atom. The van der Waals surface area contributed by atoms with Gasteiger partial charge in [-0.2, -0.15) is 5.10 Å². The highest BCUT2D eigenvalue weighted by molar-refractivity contribution is 5.93. The van der Waals surface area contributed by atoms with Crippen molar-refractivity contribution in [2.45, 2.75) is 27.3 Å². The molecule has 0 saturated carbocycles. The molecule has 3 aromatic rings. The number of fused-ring (bicyclic) bond motifs is 1. The van der Waals surface area contributed by atoms with E-state index in [1.54, 1.807) is 17.1 Å². The molecule has 3 rings (SSSR count). The highest BCUT2D eigenvalue weighted by Gasteiger charge is 2.17. The minimum Gasteiger partial charge on any atom is -0.267 e. The minimum atomic E-state index is -0.0434. The van der Waals surface area contributed by atoms with E-state index in [4.69, 9.17) is 0 Å². The second kappa shape index (κ2) is 5.37. The molecule has 0 bridgehead atoms. The third-order valence-electron chi connectivity index (χ3n) is 3.43. The van der Waals surface area contributed by atoms with E-state index >= 15 is 0 Å². The van der Waals surface area contributed by atoms with Crippen LogP contribution in [0.3, 0.4) is 0 Å². The monoisotopic (exact) mass is 293 g/mol. The van der Waals surface area contributed by atoms with Gasteiger partial charge in [0.25, 0.3) is 5.56 Å². The largest absolute Gasteiger partial charge is 0.274 e. The van der Waals surface area contributed by atoms with Crippen LogP contribution in [0, 0.1) is 5.41 Å². The van der Waals surface area contributed by atoms with Crippen LogP contribution in [0.5, 0.6) is 0 Å². The van der Waals surface area contributed by atoms with E-state index in [0.717, 1.165) is 16.6 Å². The lowest BCUT2D eigenvalue weighted by Gasteiger charge is -2.20. The van der Waals surface area contributed by atoms with Crippen molar-refractivity contribution in [1.82, 2.24) is 14.8 Å². The van der Waals surface area contributed by atoms with E-state index in [9.17, 15) is 4.79 Å². The van der Waals surface area contributed by atoms with Crippen LogP contribution in [-0.2, 0) is 6.54 Å². The summed E-state index contributed by atoms with van der Waals surface area (Å²) in [6.45, 7) is 6.87. The molecule has 0 atom stereocenters. The van der Waals surface area contributed by atoms with Crippen LogP contribution in [0.1, 0.15) is 20.8 Å². The maximum Gasteiger partial charge on any atom is 0.274 e. The summed E-state index contributed by atoms with van der Waals surface area (Å²) in [7, 11) is 0. The van der Waals surface area contributed by atoms with Gasteiger partial charge in [-0.05, 0) is 23.6 Å². The van der Waals surface area contributed by atoms with Crippen LogP contribution in [0.25, 0.3) is 22.0 Å². The predicted molar refractivity (Wildman–Crippen MR) is 88.7 cm³/mol. The number of rotatable bonds is 2. The Morgan fingerprint density at radius 2 is 1.77 bits per heavy atom. The SMILES string of the molecule is CC(C)(C)Cn1nc(-c2cccnc2)c2ccccc2c1=O. The van der Waals surface area contributed by atoms with Gasteiger partial charge >= 0.3 is 0 Å². The highest BCUT2D eigenvalue weighted by Crippen LogP contribution is 2.24. The topological polar surface area (TPSA) is 47.8 Å². The number of pyridine rings is 1. The summed E-state index contributed by atoms with van der Waals surface area (Å²) in [4.78, 5) is 16.8. The molecule has 22 heavy (non-hydrogen) atoms. The molecule has 0 unspecified atom stereocenters. The van der Waals surface area contributed by atoms with Crippen molar-refractivity contribution in [2.75, 3.05) is 0 Å². The summed E-state index contributed by atoms with van der Waals surface area (Å²) >= 11 is 0. The first-order chi connectivity index (χ1) is 10.5. The molecule has 0 amide bonds. The van der Waals surface area contributed by atoms with Crippen LogP contribution >= 0.6 is 0 Å². The van der Waals surface area contributed by atoms with E-state index in [1.165, 1.54) is 0 Å². The molecule has 1 aromatic carbocycles. The first-order valence-electron chi connectivity index (χ1n) is 7.36. The fourth-order valence-electron chi connectivity index (χ4n) is 2.51. The van der Waals surface area contributed by atoms with Gasteiger partial charge in [-0.15, -0.1) is 0 Å². The van der Waals surface area contributed by atoms with Gasteiger partial charge in [-0.25, -0.2) is 4.68 Å². The standard InChI is InChI=1S/C18H19N3O/c1-18(2,3)12-21-17(22)15-9-5-4-8-14(15)16(20-21)13-7-6-10-19-11-13/h4-11H,12H2,1-3H3. The zero-order valence-electron chi connectivity index (χ0n) is 13.1. The van der Waals surface area contributed by atoms with E-state index in [1.807, 2.05) is 36.4 Å². The van der Waals surface area contributed by atoms with Gasteiger partial charge in [0.1, 0.15) is 5.69 Å². The third kappa shape index (κ3) is 2.77. The molecule has 0 aliphatic carbocycles. The lowest BCUT2D eigenvalue weighted by atomic mass is 9.97. The maximum atomic E-state index is 12.7. The van der Waals surface area contributed by atoms with Gasteiger partial charge in [-0.3, -0.25) is 9.78 Å². The van der Waals surface area contributed by atoms with Crippen LogP contribution in [0.4, 0.5) is 0 Å². The van der Waals surface area contributed by atoms with Gasteiger partial charge in [0.05, 0.1) is 5.39 Å². The van der Waals surface area contributed by atoms with Gasteiger partial charge < -0.3 is 0 Å². The lowest BCUT2D eigenvalue weighted by molar-refractivity contribution is 0.318. The Kier molecular flexibility index (Phi) is 3.53. The minimum absolute atomic E-state index is 0.0223. The molecule has 4 heteroatoms. The molecule has 0 radical (unpaired) electrons. The quantitative estimate of drug-likeness (QED) is 0.726. The number of aromatic nitrogens is 3. The van der Waals surface area contributed by atoms with Crippen LogP contribution in [0.2, 0.25) is 0 Å². The molecule has 0 aliphatic heterocycles. The number of nitrogens with zero attached hydrogens (tertiary/aromatic N) is 3. The average Bonchev–Trinajstić information content (AvgIpc) is 2.50. The van der Waals surface area contributed by atoms with Gasteiger partial charge in [-0.1, -0.05) is 39.0 Å². The normalized spacial score (nSPS) is 11.8. The predicted octanol–water partition coefficient (Wildman–Crippen LogP) is 3.50. The zero-order chi connectivity index (χ0) is 15.7. The second-order valence-electron chi connectivity index (χ2n) is 6.66. The van der Waals surface area contributed by atoms with Crippen molar-refractivity contribution >= 4 is 10.8 Å². The Bertz CT molecular complexity index is 861. The summed E-state index contributed by atoms with van der Waals surface area (Å²) in [5.41, 5.74) is 1.65. The number of benzene rings is 1. The molecule has 0 spiro atoms. The fraction of sp³-hybridized carbons (Fsp3) is 0.278. The van der Waals surface area contributed by atoms with E-state index in [2.05, 4.69) is 30.9 Å². The Labute approximate surface area is 129 Å². The van der Waals surface area contributed by atoms with Crippen molar-refractivity contribution in [1.29, 1.82) is 0 Å². The molecule has 0 N–H and O–H groups in total. The molecule has 112 valence electrons. The van der Waals surface area contributed by atoms with Crippen molar-refractivity contribution in [3.8, 4) is 11.3 Å². The van der Waals surface area contributed by atoms with Crippen LogP contribution in [0.15, 0.2) is 53.6 Å². The van der Waals surface area contributed by atoms with Gasteiger partial charge in [0, 0.05) is 29.9 Å². The fourth-order valence-corrected chi connectivity index (χ4v) is 2.51. The van der Waals surface area contributed by atoms with E-state index in [0.29, 0.717) is 11.9 Å². The highest BCUT2D eigenvalue weighted by atomic mass is 16.1. The van der Waals surface area contributed by atoms with Crippen molar-refractivity contribution in [3.63, 3.8) is 0 Å². The number of hydrogen-bond acceptors (Lipinski definition) is 3. The Hall–Kier alpha value is -2.49. The first kappa shape index (κ1) is 14.4. The van der Waals surface area contributed by atoms with Crippen molar-refractivity contribution in [3.05, 3.63) is 59.1 Å². The maximum absolute atomic E-state index is 12.7. The van der Waals surface area contributed by atoms with Gasteiger partial charge in [0.2, 0.25) is 0 Å². The molecule has 2 aromatic heterocycles. The van der Waals surface area contributed by atoms with Crippen LogP contribution < -0.4 is 5.56 Å². The van der Waals surface area contributed by atoms with Crippen LogP contribution in [-0.4, -0.2) is 14.8 Å². The van der Waals surface area contributed by atoms with E-state index < -0.39 is 0 Å². The molecule has 4 nitrogen and oxygen atoms in total. The molecule has 0 aliphatic rings. The molecule has 0 saturated heterocycles. The molecular weight excluding hydrogens is 274 g/mol. The zero-order valence-corrected chi connectivity index (χ0v) is 13.1. The Balaban J connectivity index is 2.31. The first-order valence-corrected chi connectivity index (χ1v) is 7.36. The second-order valence-corrected chi connectivity index (χ2v) is 6.66. The smallest absolute Gasteiger partial charge is 0.267 e. The van der Waals surface area contributed by atoms with E-state index in [-0.39, 0.29) is 11.0 Å². The average molecular weight is 293 g/mol. The lowest BCUT2D eigenvalue weighted by Crippen LogP contribution is -2.29. The van der Waals surface area contributed by atoms with Crippen molar-refractivity contribution in [2.24, 2.45) is 5.41 Å². The van der Waals surface area contributed by atoms with Gasteiger partial charge in [0.15, 0.2) is 0 Å². The summed E-state index contributed by atoms with van der Waals surface area (Å²) in [6, 6.07) is 11.5. The Morgan fingerprint density at radius 1 is 1.05 bits per heavy atom. The van der Waals surface area contributed by atoms with Crippen molar-refractivity contribution < 1.29 is 0 Å². The third-order valence-corrected chi connectivity index (χ3v) is 3.43. The molecule has 0 fully saturated rings. The summed E-state index contributed by atoms with van der Waals surface area (Å²) in [6.07, 6.45) is 3.51.